The average Bonchev–Trinajstić information content (AvgIpc) is 2.85. The van der Waals surface area contributed by atoms with E-state index in [9.17, 15) is 4.79 Å². The lowest BCUT2D eigenvalue weighted by Crippen LogP contribution is -2.31. The molecule has 1 aromatic carbocycles. The summed E-state index contributed by atoms with van der Waals surface area (Å²) in [6.45, 7) is 2.47. The molecule has 0 aliphatic carbocycles. The van der Waals surface area contributed by atoms with Crippen molar-refractivity contribution in [2.45, 2.75) is 13.3 Å². The predicted octanol–water partition coefficient (Wildman–Crippen LogP) is 1.15. The number of rotatable bonds is 2. The van der Waals surface area contributed by atoms with Crippen LogP contribution in [-0.2, 0) is 6.42 Å². The lowest BCUT2D eigenvalue weighted by atomic mass is 9.97. The van der Waals surface area contributed by atoms with Crippen LogP contribution in [0.5, 0.6) is 5.75 Å². The van der Waals surface area contributed by atoms with Crippen LogP contribution in [0.25, 0.3) is 10.9 Å². The molecule has 4 N–H and O–H groups in total. The molecule has 1 amide bonds. The summed E-state index contributed by atoms with van der Waals surface area (Å²) >= 11 is 0. The number of hydrogen-bond donors (Lipinski definition) is 3. The van der Waals surface area contributed by atoms with Gasteiger partial charge in [0.25, 0.3) is 5.91 Å². The van der Waals surface area contributed by atoms with E-state index in [1.807, 2.05) is 19.1 Å². The molecule has 6 heteroatoms. The first-order valence-electron chi connectivity index (χ1n) is 6.42. The summed E-state index contributed by atoms with van der Waals surface area (Å²) in [4.78, 5) is 15.1. The molecule has 1 aliphatic rings. The second kappa shape index (κ2) is 4.56. The van der Waals surface area contributed by atoms with E-state index in [0.717, 1.165) is 28.5 Å². The summed E-state index contributed by atoms with van der Waals surface area (Å²) in [7, 11) is 1.61. The molecule has 3 rings (SSSR count). The molecule has 0 bridgehead atoms. The molecule has 0 saturated carbocycles. The standard InChI is InChI=1S/C14H16N4O2/c1-7(18-15)11-10(20-2)4-3-9-12(11)8-5-6-16-14(19)13(8)17-9/h3-4,17H,5-6,15H2,1-2H3,(H,16,19). The summed E-state index contributed by atoms with van der Waals surface area (Å²) in [5.41, 5.74) is 4.04. The molecule has 0 radical (unpaired) electrons. The van der Waals surface area contributed by atoms with E-state index >= 15 is 0 Å². The van der Waals surface area contributed by atoms with Gasteiger partial charge in [-0.1, -0.05) is 0 Å². The Morgan fingerprint density at radius 1 is 1.45 bits per heavy atom. The summed E-state index contributed by atoms with van der Waals surface area (Å²) in [6, 6.07) is 3.76. The predicted molar refractivity (Wildman–Crippen MR) is 77.3 cm³/mol. The normalized spacial score (nSPS) is 15.1. The van der Waals surface area contributed by atoms with Crippen LogP contribution in [0.1, 0.15) is 28.5 Å². The zero-order valence-electron chi connectivity index (χ0n) is 11.4. The van der Waals surface area contributed by atoms with Crippen LogP contribution in [0.15, 0.2) is 17.2 Å². The average molecular weight is 272 g/mol. The molecule has 0 fully saturated rings. The minimum Gasteiger partial charge on any atom is -0.496 e. The van der Waals surface area contributed by atoms with Crippen LogP contribution in [0.3, 0.4) is 0 Å². The van der Waals surface area contributed by atoms with E-state index in [2.05, 4.69) is 15.4 Å². The van der Waals surface area contributed by atoms with Gasteiger partial charge in [0.15, 0.2) is 0 Å². The van der Waals surface area contributed by atoms with Gasteiger partial charge in [0.2, 0.25) is 0 Å². The number of ether oxygens (including phenoxy) is 1. The van der Waals surface area contributed by atoms with E-state index in [1.165, 1.54) is 0 Å². The number of amides is 1. The van der Waals surface area contributed by atoms with E-state index in [4.69, 9.17) is 10.6 Å². The zero-order valence-corrected chi connectivity index (χ0v) is 11.4. The highest BCUT2D eigenvalue weighted by Gasteiger charge is 2.25. The molecule has 0 spiro atoms. The van der Waals surface area contributed by atoms with Crippen LogP contribution < -0.4 is 15.9 Å². The molecule has 0 unspecified atom stereocenters. The smallest absolute Gasteiger partial charge is 0.268 e. The lowest BCUT2D eigenvalue weighted by Gasteiger charge is -2.14. The first-order chi connectivity index (χ1) is 9.67. The maximum atomic E-state index is 11.9. The Bertz CT molecular complexity index is 730. The number of aromatic nitrogens is 1. The van der Waals surface area contributed by atoms with Gasteiger partial charge < -0.3 is 20.9 Å². The summed E-state index contributed by atoms with van der Waals surface area (Å²) in [5, 5.41) is 7.59. The largest absolute Gasteiger partial charge is 0.496 e. The summed E-state index contributed by atoms with van der Waals surface area (Å²) in [5.74, 6) is 6.06. The summed E-state index contributed by atoms with van der Waals surface area (Å²) in [6.07, 6.45) is 0.777. The third-order valence-corrected chi connectivity index (χ3v) is 3.69. The molecule has 104 valence electrons. The van der Waals surface area contributed by atoms with Crippen molar-refractivity contribution in [3.8, 4) is 5.75 Å². The zero-order chi connectivity index (χ0) is 14.3. The highest BCUT2D eigenvalue weighted by molar-refractivity contribution is 6.15. The minimum atomic E-state index is -0.0743. The van der Waals surface area contributed by atoms with Gasteiger partial charge in [-0.05, 0) is 31.0 Å². The third-order valence-electron chi connectivity index (χ3n) is 3.69. The Morgan fingerprint density at radius 3 is 2.95 bits per heavy atom. The SMILES string of the molecule is COc1ccc2[nH]c3c(c2c1C(C)=NN)CCNC3=O. The van der Waals surface area contributed by atoms with E-state index < -0.39 is 0 Å². The number of nitrogens with one attached hydrogen (secondary N) is 2. The lowest BCUT2D eigenvalue weighted by molar-refractivity contribution is 0.0942. The van der Waals surface area contributed by atoms with Crippen molar-refractivity contribution in [2.24, 2.45) is 10.9 Å². The van der Waals surface area contributed by atoms with Crippen molar-refractivity contribution in [2.75, 3.05) is 13.7 Å². The second-order valence-electron chi connectivity index (χ2n) is 4.76. The number of hydrogen-bond acceptors (Lipinski definition) is 4. The fraction of sp³-hybridized carbons (Fsp3) is 0.286. The highest BCUT2D eigenvalue weighted by atomic mass is 16.5. The van der Waals surface area contributed by atoms with E-state index in [1.54, 1.807) is 7.11 Å². The quantitative estimate of drug-likeness (QED) is 0.435. The maximum absolute atomic E-state index is 11.9. The maximum Gasteiger partial charge on any atom is 0.268 e. The van der Waals surface area contributed by atoms with Crippen molar-refractivity contribution in [3.63, 3.8) is 0 Å². The van der Waals surface area contributed by atoms with Crippen molar-refractivity contribution in [1.29, 1.82) is 0 Å². The van der Waals surface area contributed by atoms with Gasteiger partial charge in [0.1, 0.15) is 11.4 Å². The molecular formula is C14H16N4O2. The van der Waals surface area contributed by atoms with Gasteiger partial charge >= 0.3 is 0 Å². The van der Waals surface area contributed by atoms with E-state index in [-0.39, 0.29) is 5.91 Å². The third kappa shape index (κ3) is 1.65. The Morgan fingerprint density at radius 2 is 2.25 bits per heavy atom. The number of benzene rings is 1. The first kappa shape index (κ1) is 12.5. The number of carbonyl (C=O) groups is 1. The van der Waals surface area contributed by atoms with Crippen LogP contribution >= 0.6 is 0 Å². The van der Waals surface area contributed by atoms with Crippen LogP contribution in [-0.4, -0.2) is 30.3 Å². The van der Waals surface area contributed by atoms with Gasteiger partial charge in [0.05, 0.1) is 12.8 Å². The number of nitrogens with zero attached hydrogens (tertiary/aromatic N) is 1. The van der Waals surface area contributed by atoms with Crippen LogP contribution in [0.4, 0.5) is 0 Å². The molecule has 0 saturated heterocycles. The highest BCUT2D eigenvalue weighted by Crippen LogP contribution is 2.34. The van der Waals surface area contributed by atoms with Crippen molar-refractivity contribution in [1.82, 2.24) is 10.3 Å². The van der Waals surface area contributed by atoms with Gasteiger partial charge in [-0.25, -0.2) is 0 Å². The Balaban J connectivity index is 2.41. The molecule has 2 aromatic rings. The number of fused-ring (bicyclic) bond motifs is 3. The summed E-state index contributed by atoms with van der Waals surface area (Å²) < 4.78 is 5.41. The van der Waals surface area contributed by atoms with Crippen molar-refractivity contribution < 1.29 is 9.53 Å². The minimum absolute atomic E-state index is 0.0743. The molecule has 6 nitrogen and oxygen atoms in total. The first-order valence-corrected chi connectivity index (χ1v) is 6.42. The fourth-order valence-electron chi connectivity index (χ4n) is 2.76. The van der Waals surface area contributed by atoms with Gasteiger partial charge in [-0.3, -0.25) is 4.79 Å². The second-order valence-corrected chi connectivity index (χ2v) is 4.76. The number of H-pyrrole nitrogens is 1. The van der Waals surface area contributed by atoms with Crippen molar-refractivity contribution >= 4 is 22.5 Å². The Hall–Kier alpha value is -2.50. The molecule has 2 heterocycles. The fourth-order valence-corrected chi connectivity index (χ4v) is 2.76. The van der Waals surface area contributed by atoms with Gasteiger partial charge in [-0.15, -0.1) is 0 Å². The monoisotopic (exact) mass is 272 g/mol. The number of methoxy groups -OCH3 is 1. The number of carbonyl (C=O) groups excluding carboxylic acids is 1. The number of hydrazone groups is 1. The van der Waals surface area contributed by atoms with Gasteiger partial charge in [0, 0.05) is 23.0 Å². The Kier molecular flexibility index (Phi) is 2.85. The van der Waals surface area contributed by atoms with E-state index in [0.29, 0.717) is 23.7 Å². The van der Waals surface area contributed by atoms with Gasteiger partial charge in [-0.2, -0.15) is 5.10 Å². The Labute approximate surface area is 116 Å². The molecule has 0 atom stereocenters. The molecule has 1 aliphatic heterocycles. The molecular weight excluding hydrogens is 256 g/mol. The van der Waals surface area contributed by atoms with Crippen molar-refractivity contribution in [3.05, 3.63) is 29.0 Å². The molecule has 20 heavy (non-hydrogen) atoms. The van der Waals surface area contributed by atoms with Crippen LogP contribution in [0, 0.1) is 0 Å². The number of aromatic amines is 1. The molecule has 1 aromatic heterocycles. The topological polar surface area (TPSA) is 92.5 Å². The van der Waals surface area contributed by atoms with Crippen LogP contribution in [0.2, 0.25) is 0 Å². The number of nitrogens with two attached hydrogens (primary N) is 1.